The fraction of sp³-hybridized carbons (Fsp3) is 0.250. The Bertz CT molecular complexity index is 1310. The average Bonchev–Trinajstić information content (AvgIpc) is 3.08. The monoisotopic (exact) mass is 432 g/mol. The van der Waals surface area contributed by atoms with Crippen LogP contribution in [-0.2, 0) is 9.47 Å². The lowest BCUT2D eigenvalue weighted by Gasteiger charge is -2.11. The highest BCUT2D eigenvalue weighted by Gasteiger charge is 2.27. The van der Waals surface area contributed by atoms with Crippen molar-refractivity contribution in [2.75, 3.05) is 12.3 Å². The lowest BCUT2D eigenvalue weighted by Crippen LogP contribution is -2.15. The molecule has 2 heterocycles. The van der Waals surface area contributed by atoms with E-state index in [9.17, 15) is 9.59 Å². The minimum absolute atomic E-state index is 0.174. The standard InChI is InChI=1S/C24H24N4O4/c1-4-14(3)32-24(30)19-20-22(27-18-9-7-6-8-17(18)26-20)28(21(19)25)16-12-10-15(11-13-16)23(29)31-5-2/h6-14H,4-5,25H2,1-3H3. The molecular formula is C24H24N4O4. The van der Waals surface area contributed by atoms with Crippen LogP contribution in [0.15, 0.2) is 48.5 Å². The molecule has 0 saturated carbocycles. The number of para-hydroxylation sites is 2. The zero-order valence-electron chi connectivity index (χ0n) is 18.2. The molecule has 0 amide bonds. The average molecular weight is 432 g/mol. The van der Waals surface area contributed by atoms with Crippen molar-refractivity contribution in [3.8, 4) is 5.69 Å². The molecule has 0 saturated heterocycles. The number of nitrogens with two attached hydrogens (primary N) is 1. The molecule has 2 N–H and O–H groups in total. The van der Waals surface area contributed by atoms with Gasteiger partial charge in [-0.1, -0.05) is 19.1 Å². The number of nitrogens with zero attached hydrogens (tertiary/aromatic N) is 3. The van der Waals surface area contributed by atoms with E-state index < -0.39 is 11.9 Å². The normalized spacial score (nSPS) is 12.1. The van der Waals surface area contributed by atoms with Gasteiger partial charge in [-0.2, -0.15) is 0 Å². The predicted molar refractivity (Wildman–Crippen MR) is 122 cm³/mol. The third-order valence-electron chi connectivity index (χ3n) is 5.22. The van der Waals surface area contributed by atoms with Crippen molar-refractivity contribution in [1.82, 2.24) is 14.5 Å². The Balaban J connectivity index is 1.92. The summed E-state index contributed by atoms with van der Waals surface area (Å²) >= 11 is 0. The van der Waals surface area contributed by atoms with E-state index in [4.69, 9.17) is 20.2 Å². The van der Waals surface area contributed by atoms with E-state index >= 15 is 0 Å². The number of carbonyl (C=O) groups excluding carboxylic acids is 2. The number of fused-ring (bicyclic) bond motifs is 2. The summed E-state index contributed by atoms with van der Waals surface area (Å²) in [4.78, 5) is 34.4. The summed E-state index contributed by atoms with van der Waals surface area (Å²) in [7, 11) is 0. The quantitative estimate of drug-likeness (QED) is 0.453. The Labute approximate surface area is 185 Å². The Morgan fingerprint density at radius 3 is 2.28 bits per heavy atom. The number of anilines is 1. The SMILES string of the molecule is CCOC(=O)c1ccc(-n2c(N)c(C(=O)OC(C)CC)c3nc4ccccc4nc32)cc1. The van der Waals surface area contributed by atoms with E-state index in [1.807, 2.05) is 38.1 Å². The Morgan fingerprint density at radius 2 is 1.66 bits per heavy atom. The Morgan fingerprint density at radius 1 is 1.00 bits per heavy atom. The molecule has 32 heavy (non-hydrogen) atoms. The van der Waals surface area contributed by atoms with Crippen LogP contribution < -0.4 is 5.73 Å². The fourth-order valence-electron chi connectivity index (χ4n) is 3.41. The number of benzene rings is 2. The molecule has 164 valence electrons. The van der Waals surface area contributed by atoms with Crippen molar-refractivity contribution >= 4 is 40.0 Å². The van der Waals surface area contributed by atoms with E-state index in [-0.39, 0.29) is 17.5 Å². The van der Waals surface area contributed by atoms with Crippen LogP contribution in [0.4, 0.5) is 5.82 Å². The van der Waals surface area contributed by atoms with E-state index in [1.165, 1.54) is 0 Å². The highest BCUT2D eigenvalue weighted by atomic mass is 16.5. The second-order valence-electron chi connectivity index (χ2n) is 7.37. The van der Waals surface area contributed by atoms with Crippen molar-refractivity contribution in [3.05, 3.63) is 59.7 Å². The molecule has 4 aromatic rings. The van der Waals surface area contributed by atoms with Crippen LogP contribution in [0.2, 0.25) is 0 Å². The van der Waals surface area contributed by atoms with Gasteiger partial charge in [0.15, 0.2) is 5.65 Å². The van der Waals surface area contributed by atoms with E-state index in [0.29, 0.717) is 46.5 Å². The molecular weight excluding hydrogens is 408 g/mol. The number of carbonyl (C=O) groups is 2. The molecule has 0 radical (unpaired) electrons. The molecule has 8 nitrogen and oxygen atoms in total. The van der Waals surface area contributed by atoms with E-state index in [2.05, 4.69) is 4.98 Å². The maximum atomic E-state index is 13.0. The van der Waals surface area contributed by atoms with Gasteiger partial charge in [-0.05, 0) is 56.7 Å². The number of hydrogen-bond acceptors (Lipinski definition) is 7. The van der Waals surface area contributed by atoms with Crippen LogP contribution in [0.3, 0.4) is 0 Å². The Hall–Kier alpha value is -3.94. The second kappa shape index (κ2) is 8.66. The minimum atomic E-state index is -0.548. The number of aromatic nitrogens is 3. The van der Waals surface area contributed by atoms with Crippen LogP contribution in [0.25, 0.3) is 27.9 Å². The van der Waals surface area contributed by atoms with E-state index in [0.717, 1.165) is 0 Å². The zero-order valence-corrected chi connectivity index (χ0v) is 18.2. The summed E-state index contributed by atoms with van der Waals surface area (Å²) in [5, 5.41) is 0. The first-order valence-corrected chi connectivity index (χ1v) is 10.5. The topological polar surface area (TPSA) is 109 Å². The summed E-state index contributed by atoms with van der Waals surface area (Å²) < 4.78 is 12.2. The molecule has 0 aliphatic carbocycles. The molecule has 0 aliphatic heterocycles. The summed E-state index contributed by atoms with van der Waals surface area (Å²) in [5.74, 6) is -0.784. The number of hydrogen-bond donors (Lipinski definition) is 1. The molecule has 0 bridgehead atoms. The zero-order chi connectivity index (χ0) is 22.8. The van der Waals surface area contributed by atoms with Gasteiger partial charge in [0.05, 0.1) is 29.3 Å². The van der Waals surface area contributed by atoms with Gasteiger partial charge in [0, 0.05) is 5.69 Å². The maximum Gasteiger partial charge on any atom is 0.344 e. The van der Waals surface area contributed by atoms with Crippen molar-refractivity contribution < 1.29 is 19.1 Å². The van der Waals surface area contributed by atoms with Gasteiger partial charge in [0.25, 0.3) is 0 Å². The van der Waals surface area contributed by atoms with Crippen LogP contribution >= 0.6 is 0 Å². The lowest BCUT2D eigenvalue weighted by molar-refractivity contribution is 0.0337. The molecule has 2 aromatic heterocycles. The first-order chi connectivity index (χ1) is 15.4. The highest BCUT2D eigenvalue weighted by molar-refractivity contribution is 6.09. The lowest BCUT2D eigenvalue weighted by atomic mass is 10.2. The first-order valence-electron chi connectivity index (χ1n) is 10.5. The third kappa shape index (κ3) is 3.75. The van der Waals surface area contributed by atoms with Crippen LogP contribution in [0, 0.1) is 0 Å². The van der Waals surface area contributed by atoms with Gasteiger partial charge in [0.1, 0.15) is 16.9 Å². The summed E-state index contributed by atoms with van der Waals surface area (Å²) in [5.41, 5.74) is 9.80. The molecule has 0 aliphatic rings. The van der Waals surface area contributed by atoms with Gasteiger partial charge in [-0.25, -0.2) is 19.6 Å². The number of nitrogen functional groups attached to an aromatic ring is 1. The molecule has 8 heteroatoms. The summed E-state index contributed by atoms with van der Waals surface area (Å²) in [6.45, 7) is 5.80. The van der Waals surface area contributed by atoms with Gasteiger partial charge in [-0.15, -0.1) is 0 Å². The number of ether oxygens (including phenoxy) is 2. The second-order valence-corrected chi connectivity index (χ2v) is 7.37. The molecule has 1 atom stereocenters. The smallest absolute Gasteiger partial charge is 0.344 e. The largest absolute Gasteiger partial charge is 0.462 e. The third-order valence-corrected chi connectivity index (χ3v) is 5.22. The van der Waals surface area contributed by atoms with Gasteiger partial charge < -0.3 is 15.2 Å². The molecule has 0 spiro atoms. The van der Waals surface area contributed by atoms with Crippen molar-refractivity contribution in [1.29, 1.82) is 0 Å². The van der Waals surface area contributed by atoms with Crippen molar-refractivity contribution in [3.63, 3.8) is 0 Å². The minimum Gasteiger partial charge on any atom is -0.462 e. The van der Waals surface area contributed by atoms with Crippen molar-refractivity contribution in [2.24, 2.45) is 0 Å². The molecule has 0 fully saturated rings. The van der Waals surface area contributed by atoms with Gasteiger partial charge in [-0.3, -0.25) is 4.57 Å². The number of rotatable bonds is 6. The molecule has 2 aromatic carbocycles. The summed E-state index contributed by atoms with van der Waals surface area (Å²) in [6, 6.07) is 14.1. The van der Waals surface area contributed by atoms with Crippen LogP contribution in [0.5, 0.6) is 0 Å². The van der Waals surface area contributed by atoms with Gasteiger partial charge in [0.2, 0.25) is 0 Å². The van der Waals surface area contributed by atoms with Crippen LogP contribution in [-0.4, -0.2) is 39.2 Å². The van der Waals surface area contributed by atoms with Crippen molar-refractivity contribution in [2.45, 2.75) is 33.3 Å². The first kappa shape index (κ1) is 21.3. The molecule has 4 rings (SSSR count). The Kier molecular flexibility index (Phi) is 5.77. The van der Waals surface area contributed by atoms with Crippen LogP contribution in [0.1, 0.15) is 47.9 Å². The predicted octanol–water partition coefficient (Wildman–Crippen LogP) is 4.29. The molecule has 1 unspecified atom stereocenters. The summed E-state index contributed by atoms with van der Waals surface area (Å²) in [6.07, 6.45) is 0.409. The maximum absolute atomic E-state index is 13.0. The van der Waals surface area contributed by atoms with E-state index in [1.54, 1.807) is 35.8 Å². The fourth-order valence-corrected chi connectivity index (χ4v) is 3.41. The van der Waals surface area contributed by atoms with Gasteiger partial charge >= 0.3 is 11.9 Å². The number of esters is 2. The highest BCUT2D eigenvalue weighted by Crippen LogP contribution is 2.32.